The van der Waals surface area contributed by atoms with E-state index in [4.69, 9.17) is 4.74 Å². The maximum absolute atomic E-state index is 12.0. The second-order valence-electron chi connectivity index (χ2n) is 5.46. The quantitative estimate of drug-likeness (QED) is 0.430. The van der Waals surface area contributed by atoms with Crippen LogP contribution in [0.25, 0.3) is 0 Å². The minimum absolute atomic E-state index is 0.0113. The van der Waals surface area contributed by atoms with Crippen LogP contribution >= 0.6 is 15.9 Å². The number of nitro groups is 1. The van der Waals surface area contributed by atoms with E-state index in [9.17, 15) is 18.5 Å². The Balaban J connectivity index is 2.79. The van der Waals surface area contributed by atoms with Crippen LogP contribution in [-0.4, -0.2) is 30.4 Å². The van der Waals surface area contributed by atoms with Crippen molar-refractivity contribution in [3.63, 3.8) is 0 Å². The van der Waals surface area contributed by atoms with Crippen molar-refractivity contribution >= 4 is 31.5 Å². The third-order valence-electron chi connectivity index (χ3n) is 2.94. The number of hydrogen-bond acceptors (Lipinski definition) is 5. The molecular formula is C13H18BrNO5S. The summed E-state index contributed by atoms with van der Waals surface area (Å²) >= 11 is 3.23. The molecule has 8 heteroatoms. The van der Waals surface area contributed by atoms with E-state index in [1.165, 1.54) is 18.2 Å². The number of alkyl halides is 1. The van der Waals surface area contributed by atoms with Gasteiger partial charge in [0.15, 0.2) is 9.84 Å². The van der Waals surface area contributed by atoms with Gasteiger partial charge in [-0.2, -0.15) is 0 Å². The zero-order valence-electron chi connectivity index (χ0n) is 12.1. The number of benzene rings is 1. The average Bonchev–Trinajstić information content (AvgIpc) is 2.37. The number of rotatable bonds is 6. The Bertz CT molecular complexity index is 622. The Morgan fingerprint density at radius 1 is 1.33 bits per heavy atom. The van der Waals surface area contributed by atoms with E-state index in [2.05, 4.69) is 15.9 Å². The van der Waals surface area contributed by atoms with Gasteiger partial charge >= 0.3 is 0 Å². The van der Waals surface area contributed by atoms with Crippen LogP contribution in [0.5, 0.6) is 5.75 Å². The predicted molar refractivity (Wildman–Crippen MR) is 84.8 cm³/mol. The van der Waals surface area contributed by atoms with E-state index >= 15 is 0 Å². The van der Waals surface area contributed by atoms with Crippen LogP contribution in [0.3, 0.4) is 0 Å². The second kappa shape index (κ2) is 6.74. The van der Waals surface area contributed by atoms with Crippen molar-refractivity contribution in [1.82, 2.24) is 0 Å². The normalized spacial score (nSPS) is 12.2. The van der Waals surface area contributed by atoms with Gasteiger partial charge in [0.1, 0.15) is 12.4 Å². The third-order valence-corrected chi connectivity index (χ3v) is 6.12. The van der Waals surface area contributed by atoms with E-state index in [0.717, 1.165) is 0 Å². The van der Waals surface area contributed by atoms with Gasteiger partial charge in [0.25, 0.3) is 5.69 Å². The Kier molecular flexibility index (Phi) is 5.75. The molecule has 0 aliphatic rings. The smallest absolute Gasteiger partial charge is 0.270 e. The molecule has 0 N–H and O–H groups in total. The first kappa shape index (κ1) is 17.9. The lowest BCUT2D eigenvalue weighted by atomic mass is 10.2. The van der Waals surface area contributed by atoms with Crippen molar-refractivity contribution in [2.75, 3.05) is 12.4 Å². The molecule has 118 valence electrons. The van der Waals surface area contributed by atoms with Crippen LogP contribution in [0.15, 0.2) is 18.2 Å². The molecule has 0 amide bonds. The summed E-state index contributed by atoms with van der Waals surface area (Å²) in [5, 5.41) is 11.1. The zero-order valence-corrected chi connectivity index (χ0v) is 14.5. The first-order chi connectivity index (χ1) is 9.58. The summed E-state index contributed by atoms with van der Waals surface area (Å²) in [6, 6.07) is 4.22. The topological polar surface area (TPSA) is 86.5 Å². The fourth-order valence-electron chi connectivity index (χ4n) is 1.49. The maximum Gasteiger partial charge on any atom is 0.270 e. The highest BCUT2D eigenvalue weighted by atomic mass is 79.9. The van der Waals surface area contributed by atoms with Crippen LogP contribution < -0.4 is 4.74 Å². The van der Waals surface area contributed by atoms with Crippen molar-refractivity contribution in [2.24, 2.45) is 0 Å². The SMILES string of the molecule is CC(C)(C)S(=O)(=O)CCOc1ccc([N+](=O)[O-])cc1CBr. The van der Waals surface area contributed by atoms with E-state index < -0.39 is 19.5 Å². The van der Waals surface area contributed by atoms with Crippen LogP contribution in [0.1, 0.15) is 26.3 Å². The summed E-state index contributed by atoms with van der Waals surface area (Å²) in [6.45, 7) is 4.92. The molecule has 0 saturated heterocycles. The average molecular weight is 380 g/mol. The summed E-state index contributed by atoms with van der Waals surface area (Å²) < 4.78 is 28.6. The Morgan fingerprint density at radius 2 is 1.95 bits per heavy atom. The molecule has 0 saturated carbocycles. The van der Waals surface area contributed by atoms with Gasteiger partial charge in [-0.3, -0.25) is 10.1 Å². The van der Waals surface area contributed by atoms with E-state index in [-0.39, 0.29) is 18.0 Å². The van der Waals surface area contributed by atoms with Crippen molar-refractivity contribution < 1.29 is 18.1 Å². The molecule has 21 heavy (non-hydrogen) atoms. The Hall–Kier alpha value is -1.15. The second-order valence-corrected chi connectivity index (χ2v) is 8.89. The molecule has 0 heterocycles. The van der Waals surface area contributed by atoms with Crippen LogP contribution in [-0.2, 0) is 15.2 Å². The van der Waals surface area contributed by atoms with Crippen LogP contribution in [0, 0.1) is 10.1 Å². The van der Waals surface area contributed by atoms with E-state index in [0.29, 0.717) is 16.6 Å². The molecule has 0 aliphatic carbocycles. The first-order valence-corrected chi connectivity index (χ1v) is 9.04. The predicted octanol–water partition coefficient (Wildman–Crippen LogP) is 3.08. The summed E-state index contributed by atoms with van der Waals surface area (Å²) in [5.41, 5.74) is 0.580. The maximum atomic E-state index is 12.0. The minimum atomic E-state index is -3.25. The highest BCUT2D eigenvalue weighted by Gasteiger charge is 2.28. The number of sulfone groups is 1. The van der Waals surface area contributed by atoms with Crippen LogP contribution in [0.4, 0.5) is 5.69 Å². The van der Waals surface area contributed by atoms with Gasteiger partial charge in [-0.15, -0.1) is 0 Å². The molecule has 0 aromatic heterocycles. The van der Waals surface area contributed by atoms with Gasteiger partial charge in [-0.1, -0.05) is 15.9 Å². The lowest BCUT2D eigenvalue weighted by Crippen LogP contribution is -2.32. The molecule has 0 radical (unpaired) electrons. The monoisotopic (exact) mass is 379 g/mol. The van der Waals surface area contributed by atoms with Gasteiger partial charge in [0.05, 0.1) is 15.4 Å². The molecule has 0 bridgehead atoms. The fraction of sp³-hybridized carbons (Fsp3) is 0.538. The molecule has 6 nitrogen and oxygen atoms in total. The number of nitro benzene ring substituents is 1. The molecule has 1 aromatic carbocycles. The molecule has 0 fully saturated rings. The Morgan fingerprint density at radius 3 is 2.43 bits per heavy atom. The van der Waals surface area contributed by atoms with Crippen molar-refractivity contribution in [3.8, 4) is 5.75 Å². The molecule has 0 aliphatic heterocycles. The third kappa shape index (κ3) is 4.67. The number of nitrogens with zero attached hydrogens (tertiary/aromatic N) is 1. The standard InChI is InChI=1S/C13H18BrNO5S/c1-13(2,3)21(18,19)7-6-20-12-5-4-11(15(16)17)8-10(12)9-14/h4-5,8H,6-7,9H2,1-3H3. The van der Waals surface area contributed by atoms with Crippen molar-refractivity contribution in [1.29, 1.82) is 0 Å². The first-order valence-electron chi connectivity index (χ1n) is 6.27. The molecule has 0 spiro atoms. The summed E-state index contributed by atoms with van der Waals surface area (Å²) in [5.74, 6) is 0.344. The zero-order chi connectivity index (χ0) is 16.3. The van der Waals surface area contributed by atoms with Crippen molar-refractivity contribution in [2.45, 2.75) is 30.8 Å². The van der Waals surface area contributed by atoms with Gasteiger partial charge in [-0.25, -0.2) is 8.42 Å². The fourth-order valence-corrected chi connectivity index (χ4v) is 2.85. The molecular weight excluding hydrogens is 362 g/mol. The number of ether oxygens (including phenoxy) is 1. The highest BCUT2D eigenvalue weighted by Crippen LogP contribution is 2.26. The van der Waals surface area contributed by atoms with Gasteiger partial charge < -0.3 is 4.74 Å². The number of hydrogen-bond donors (Lipinski definition) is 0. The summed E-state index contributed by atoms with van der Waals surface area (Å²) in [6.07, 6.45) is 0. The highest BCUT2D eigenvalue weighted by molar-refractivity contribution is 9.08. The molecule has 1 rings (SSSR count). The lowest BCUT2D eigenvalue weighted by molar-refractivity contribution is -0.384. The number of non-ortho nitro benzene ring substituents is 1. The van der Waals surface area contributed by atoms with Gasteiger partial charge in [-0.05, 0) is 26.8 Å². The Labute approximate surface area is 132 Å². The van der Waals surface area contributed by atoms with Crippen LogP contribution in [0.2, 0.25) is 0 Å². The summed E-state index contributed by atoms with van der Waals surface area (Å²) in [7, 11) is -3.25. The van der Waals surface area contributed by atoms with Gasteiger partial charge in [0.2, 0.25) is 0 Å². The minimum Gasteiger partial charge on any atom is -0.492 e. The molecule has 0 atom stereocenters. The lowest BCUT2D eigenvalue weighted by Gasteiger charge is -2.19. The summed E-state index contributed by atoms with van der Waals surface area (Å²) in [4.78, 5) is 10.2. The largest absolute Gasteiger partial charge is 0.492 e. The van der Waals surface area contributed by atoms with Gasteiger partial charge in [0, 0.05) is 23.0 Å². The number of halogens is 1. The molecule has 0 unspecified atom stereocenters. The van der Waals surface area contributed by atoms with Crippen molar-refractivity contribution in [3.05, 3.63) is 33.9 Å². The molecule has 1 aromatic rings. The van der Waals surface area contributed by atoms with E-state index in [1.807, 2.05) is 0 Å². The van der Waals surface area contributed by atoms with E-state index in [1.54, 1.807) is 20.8 Å².